The number of hydrogen-bond acceptors (Lipinski definition) is 10. The molecule has 3 aromatic rings. The topological polar surface area (TPSA) is 131 Å². The molecule has 2 aliphatic heterocycles. The number of aromatic nitrogens is 6. The van der Waals surface area contributed by atoms with Gasteiger partial charge in [-0.05, 0) is 6.42 Å². The van der Waals surface area contributed by atoms with Crippen LogP contribution in [-0.4, -0.2) is 98.4 Å². The first-order valence-corrected chi connectivity index (χ1v) is 13.0. The summed E-state index contributed by atoms with van der Waals surface area (Å²) in [6.07, 6.45) is -0.607. The lowest BCUT2D eigenvalue weighted by Gasteiger charge is -2.41. The Labute approximate surface area is 223 Å². The molecule has 2 saturated heterocycles. The number of nitrogen functional groups attached to an aromatic ring is 1. The van der Waals surface area contributed by atoms with Crippen molar-refractivity contribution in [3.8, 4) is 11.4 Å². The third-order valence-corrected chi connectivity index (χ3v) is 6.99. The van der Waals surface area contributed by atoms with Crippen LogP contribution in [-0.2, 0) is 16.1 Å². The summed E-state index contributed by atoms with van der Waals surface area (Å²) >= 11 is 0. The number of amides is 1. The van der Waals surface area contributed by atoms with Gasteiger partial charge in [0.15, 0.2) is 22.8 Å². The summed E-state index contributed by atoms with van der Waals surface area (Å²) in [6, 6.07) is -0.141. The predicted molar refractivity (Wildman–Crippen MR) is 138 cm³/mol. The molecule has 2 fully saturated rings. The number of anilines is 3. The molecule has 1 amide bonds. The van der Waals surface area contributed by atoms with Crippen molar-refractivity contribution >= 4 is 34.8 Å². The second kappa shape index (κ2) is 10.8. The van der Waals surface area contributed by atoms with Crippen LogP contribution >= 0.6 is 0 Å². The van der Waals surface area contributed by atoms with E-state index in [1.54, 1.807) is 6.92 Å². The average Bonchev–Trinajstić information content (AvgIpc) is 3.29. The van der Waals surface area contributed by atoms with E-state index >= 15 is 0 Å². The molecular formula is C24H31F3N10O2. The van der Waals surface area contributed by atoms with Gasteiger partial charge >= 0.3 is 6.18 Å². The van der Waals surface area contributed by atoms with E-state index in [0.717, 1.165) is 4.57 Å². The van der Waals surface area contributed by atoms with E-state index in [-0.39, 0.29) is 40.8 Å². The minimum atomic E-state index is -4.53. The Balaban J connectivity index is 1.66. The Morgan fingerprint density at radius 2 is 1.77 bits per heavy atom. The molecule has 15 heteroatoms. The lowest BCUT2D eigenvalue weighted by molar-refractivity contribution is -0.139. The Morgan fingerprint density at radius 3 is 2.41 bits per heavy atom. The van der Waals surface area contributed by atoms with Crippen LogP contribution in [0.1, 0.15) is 26.7 Å². The fraction of sp³-hybridized carbons (Fsp3) is 0.583. The summed E-state index contributed by atoms with van der Waals surface area (Å²) in [4.78, 5) is 40.0. The quantitative estimate of drug-likeness (QED) is 0.489. The van der Waals surface area contributed by atoms with E-state index in [2.05, 4.69) is 15.0 Å². The van der Waals surface area contributed by atoms with Crippen LogP contribution < -0.4 is 15.5 Å². The van der Waals surface area contributed by atoms with E-state index in [1.807, 2.05) is 21.6 Å². The standard InChI is InChI=1S/C24H31F3N10O2/c1-3-16-13-35(5-6-36(16)17(38)4-2)23-31-18-20(34-7-9-39-10-8-34)32-19(15-11-29-22(28)30-12-15)33-21(18)37(23)14-24(25,26)27/h11-12,16H,3-10,13-14H2,1-2H3,(H2,28,29,30). The van der Waals surface area contributed by atoms with Crippen molar-refractivity contribution in [3.63, 3.8) is 0 Å². The summed E-state index contributed by atoms with van der Waals surface area (Å²) in [6.45, 7) is 5.51. The highest BCUT2D eigenvalue weighted by Crippen LogP contribution is 2.34. The van der Waals surface area contributed by atoms with Crippen LogP contribution in [0.5, 0.6) is 0 Å². The predicted octanol–water partition coefficient (Wildman–Crippen LogP) is 2.10. The van der Waals surface area contributed by atoms with Crippen molar-refractivity contribution in [3.05, 3.63) is 12.4 Å². The molecule has 0 radical (unpaired) electrons. The van der Waals surface area contributed by atoms with Crippen molar-refractivity contribution in [2.75, 3.05) is 61.5 Å². The van der Waals surface area contributed by atoms with Crippen LogP contribution in [0.3, 0.4) is 0 Å². The van der Waals surface area contributed by atoms with Gasteiger partial charge in [-0.25, -0.2) is 24.9 Å². The molecule has 2 aliphatic rings. The molecule has 5 heterocycles. The molecule has 0 aromatic carbocycles. The number of imidazole rings is 1. The Morgan fingerprint density at radius 1 is 1.05 bits per heavy atom. The van der Waals surface area contributed by atoms with Crippen LogP contribution in [0.2, 0.25) is 0 Å². The Hall–Kier alpha value is -3.75. The number of halogens is 3. The number of hydrogen-bond donors (Lipinski definition) is 1. The molecule has 0 spiro atoms. The van der Waals surface area contributed by atoms with Gasteiger partial charge in [0.1, 0.15) is 6.54 Å². The van der Waals surface area contributed by atoms with Crippen molar-refractivity contribution < 1.29 is 22.7 Å². The number of piperazine rings is 1. The number of alkyl halides is 3. The van der Waals surface area contributed by atoms with Gasteiger partial charge in [-0.1, -0.05) is 13.8 Å². The van der Waals surface area contributed by atoms with Crippen molar-refractivity contribution in [2.24, 2.45) is 0 Å². The monoisotopic (exact) mass is 548 g/mol. The van der Waals surface area contributed by atoms with Crippen LogP contribution in [0.15, 0.2) is 12.4 Å². The number of rotatable bonds is 6. The Bertz CT molecular complexity index is 1320. The third kappa shape index (κ3) is 5.53. The number of carbonyl (C=O) groups is 1. The second-order valence-electron chi connectivity index (χ2n) is 9.53. The van der Waals surface area contributed by atoms with Gasteiger partial charge in [-0.2, -0.15) is 13.2 Å². The minimum Gasteiger partial charge on any atom is -0.378 e. The molecule has 0 saturated carbocycles. The first kappa shape index (κ1) is 26.8. The van der Waals surface area contributed by atoms with E-state index in [4.69, 9.17) is 20.4 Å². The number of nitrogens with two attached hydrogens (primary N) is 1. The molecule has 5 rings (SSSR count). The smallest absolute Gasteiger partial charge is 0.378 e. The molecule has 1 atom stereocenters. The summed E-state index contributed by atoms with van der Waals surface area (Å²) in [5.41, 5.74) is 6.38. The molecule has 39 heavy (non-hydrogen) atoms. The van der Waals surface area contributed by atoms with Gasteiger partial charge in [-0.3, -0.25) is 9.36 Å². The molecular weight excluding hydrogens is 517 g/mol. The third-order valence-electron chi connectivity index (χ3n) is 6.99. The maximum atomic E-state index is 13.9. The van der Waals surface area contributed by atoms with E-state index in [0.29, 0.717) is 70.2 Å². The number of nitrogens with zero attached hydrogens (tertiary/aromatic N) is 9. The molecule has 3 aromatic heterocycles. The van der Waals surface area contributed by atoms with Gasteiger partial charge in [-0.15, -0.1) is 0 Å². The maximum Gasteiger partial charge on any atom is 0.406 e. The highest BCUT2D eigenvalue weighted by atomic mass is 19.4. The van der Waals surface area contributed by atoms with E-state index < -0.39 is 12.7 Å². The molecule has 0 bridgehead atoms. The number of carbonyl (C=O) groups excluding carboxylic acids is 1. The SMILES string of the molecule is CCC(=O)N1CCN(c2nc3c(N4CCOCC4)nc(-c4cnc(N)nc4)nc3n2CC(F)(F)F)CC1CC. The van der Waals surface area contributed by atoms with Gasteiger partial charge in [0.2, 0.25) is 17.8 Å². The van der Waals surface area contributed by atoms with Crippen LogP contribution in [0.4, 0.5) is 30.9 Å². The number of morpholine rings is 1. The largest absolute Gasteiger partial charge is 0.406 e. The zero-order valence-electron chi connectivity index (χ0n) is 21.9. The van der Waals surface area contributed by atoms with E-state index in [9.17, 15) is 18.0 Å². The number of fused-ring (bicyclic) bond motifs is 1. The summed E-state index contributed by atoms with van der Waals surface area (Å²) in [5.74, 6) is 0.830. The van der Waals surface area contributed by atoms with Crippen molar-refractivity contribution in [1.29, 1.82) is 0 Å². The minimum absolute atomic E-state index is 0.0288. The lowest BCUT2D eigenvalue weighted by Crippen LogP contribution is -2.55. The zero-order valence-corrected chi connectivity index (χ0v) is 21.9. The highest BCUT2D eigenvalue weighted by molar-refractivity contribution is 5.88. The van der Waals surface area contributed by atoms with Gasteiger partial charge in [0.25, 0.3) is 0 Å². The molecule has 210 valence electrons. The lowest BCUT2D eigenvalue weighted by atomic mass is 10.1. The zero-order chi connectivity index (χ0) is 27.7. The van der Waals surface area contributed by atoms with E-state index in [1.165, 1.54) is 12.4 Å². The summed E-state index contributed by atoms with van der Waals surface area (Å²) < 4.78 is 48.4. The fourth-order valence-electron chi connectivity index (χ4n) is 5.04. The molecule has 1 unspecified atom stereocenters. The van der Waals surface area contributed by atoms with Crippen LogP contribution in [0.25, 0.3) is 22.6 Å². The Kier molecular flexibility index (Phi) is 7.42. The normalized spacial score (nSPS) is 18.7. The fourth-order valence-corrected chi connectivity index (χ4v) is 5.04. The summed E-state index contributed by atoms with van der Waals surface area (Å²) in [5, 5.41) is 0. The van der Waals surface area contributed by atoms with Gasteiger partial charge < -0.3 is 25.2 Å². The average molecular weight is 549 g/mol. The van der Waals surface area contributed by atoms with Gasteiger partial charge in [0, 0.05) is 57.6 Å². The molecule has 12 nitrogen and oxygen atoms in total. The van der Waals surface area contributed by atoms with Crippen molar-refractivity contribution in [2.45, 2.75) is 45.5 Å². The first-order chi connectivity index (χ1) is 18.7. The van der Waals surface area contributed by atoms with Crippen LogP contribution in [0, 0.1) is 0 Å². The molecule has 2 N–H and O–H groups in total. The molecule has 0 aliphatic carbocycles. The first-order valence-electron chi connectivity index (χ1n) is 13.0. The highest BCUT2D eigenvalue weighted by Gasteiger charge is 2.36. The second-order valence-corrected chi connectivity index (χ2v) is 9.53. The van der Waals surface area contributed by atoms with Crippen molar-refractivity contribution in [1.82, 2.24) is 34.4 Å². The number of ether oxygens (including phenoxy) is 1. The maximum absolute atomic E-state index is 13.9. The summed E-state index contributed by atoms with van der Waals surface area (Å²) in [7, 11) is 0. The van der Waals surface area contributed by atoms with Gasteiger partial charge in [0.05, 0.1) is 18.8 Å².